The minimum atomic E-state index is -0.421. The second-order valence-corrected chi connectivity index (χ2v) is 4.34. The number of likely N-dealkylation sites (N-methyl/N-ethyl adjacent to an activating group) is 1. The van der Waals surface area contributed by atoms with Gasteiger partial charge in [-0.2, -0.15) is 0 Å². The van der Waals surface area contributed by atoms with Crippen LogP contribution in [0.2, 0.25) is 0 Å². The zero-order valence-corrected chi connectivity index (χ0v) is 10.8. The Bertz CT molecular complexity index is 335. The number of nitrogens with two attached hydrogens (primary N) is 1. The fraction of sp³-hybridized carbons (Fsp3) is 0.615. The van der Waals surface area contributed by atoms with Crippen LogP contribution in [0.3, 0.4) is 0 Å². The molecule has 96 valence electrons. The summed E-state index contributed by atoms with van der Waals surface area (Å²) in [6.45, 7) is 7.13. The number of carbonyl (C=O) groups is 1. The van der Waals surface area contributed by atoms with Crippen molar-refractivity contribution in [2.24, 2.45) is 11.7 Å². The Hall–Kier alpha value is -1.29. The van der Waals surface area contributed by atoms with Crippen molar-refractivity contribution in [1.82, 2.24) is 4.90 Å². The summed E-state index contributed by atoms with van der Waals surface area (Å²) in [7, 11) is 0. The molecule has 0 saturated heterocycles. The topological polar surface area (TPSA) is 59.5 Å². The average molecular weight is 238 g/mol. The van der Waals surface area contributed by atoms with Crippen LogP contribution in [0.5, 0.6) is 0 Å². The number of rotatable bonds is 6. The van der Waals surface area contributed by atoms with E-state index in [1.807, 2.05) is 32.9 Å². The molecule has 0 aliphatic heterocycles. The highest BCUT2D eigenvalue weighted by molar-refractivity contribution is 5.81. The van der Waals surface area contributed by atoms with Crippen LogP contribution in [0.4, 0.5) is 0 Å². The highest BCUT2D eigenvalue weighted by atomic mass is 16.3. The van der Waals surface area contributed by atoms with Crippen molar-refractivity contribution in [1.29, 1.82) is 0 Å². The van der Waals surface area contributed by atoms with E-state index in [1.165, 1.54) is 0 Å². The largest absolute Gasteiger partial charge is 0.467 e. The fourth-order valence-corrected chi connectivity index (χ4v) is 1.64. The van der Waals surface area contributed by atoms with Gasteiger partial charge in [-0.1, -0.05) is 20.3 Å². The molecule has 0 fully saturated rings. The molecule has 1 heterocycles. The van der Waals surface area contributed by atoms with Gasteiger partial charge in [0.15, 0.2) is 0 Å². The molecule has 1 aromatic heterocycles. The Morgan fingerprint density at radius 2 is 2.24 bits per heavy atom. The maximum atomic E-state index is 12.2. The second-order valence-electron chi connectivity index (χ2n) is 4.34. The normalized spacial score (nSPS) is 14.4. The Morgan fingerprint density at radius 1 is 1.53 bits per heavy atom. The molecule has 0 aliphatic rings. The molecule has 0 bridgehead atoms. The van der Waals surface area contributed by atoms with Gasteiger partial charge in [0, 0.05) is 6.54 Å². The number of carbonyl (C=O) groups excluding carboxylic acids is 1. The van der Waals surface area contributed by atoms with Gasteiger partial charge in [0.2, 0.25) is 5.91 Å². The van der Waals surface area contributed by atoms with Crippen molar-refractivity contribution in [3.63, 3.8) is 0 Å². The number of hydrogen-bond acceptors (Lipinski definition) is 3. The van der Waals surface area contributed by atoms with E-state index in [2.05, 4.69) is 0 Å². The standard InChI is InChI=1S/C13H22N2O2/c1-4-10(3)12(14)13(16)15(5-2)9-11-7-6-8-17-11/h6-8,10,12H,4-5,9,14H2,1-3H3/t10-,12-/m0/s1. The third-order valence-corrected chi connectivity index (χ3v) is 3.16. The van der Waals surface area contributed by atoms with Crippen LogP contribution in [-0.2, 0) is 11.3 Å². The van der Waals surface area contributed by atoms with E-state index in [9.17, 15) is 4.79 Å². The molecule has 1 rings (SSSR count). The third-order valence-electron chi connectivity index (χ3n) is 3.16. The average Bonchev–Trinajstić information content (AvgIpc) is 2.85. The first-order valence-corrected chi connectivity index (χ1v) is 6.16. The molecule has 0 aliphatic carbocycles. The summed E-state index contributed by atoms with van der Waals surface area (Å²) in [4.78, 5) is 13.9. The van der Waals surface area contributed by atoms with Crippen molar-refractivity contribution in [3.05, 3.63) is 24.2 Å². The number of nitrogens with zero attached hydrogens (tertiary/aromatic N) is 1. The maximum absolute atomic E-state index is 12.2. The Morgan fingerprint density at radius 3 is 2.71 bits per heavy atom. The van der Waals surface area contributed by atoms with Gasteiger partial charge in [-0.05, 0) is 25.0 Å². The molecule has 2 atom stereocenters. The maximum Gasteiger partial charge on any atom is 0.240 e. The molecular weight excluding hydrogens is 216 g/mol. The van der Waals surface area contributed by atoms with E-state index in [-0.39, 0.29) is 11.8 Å². The van der Waals surface area contributed by atoms with Crippen LogP contribution in [-0.4, -0.2) is 23.4 Å². The quantitative estimate of drug-likeness (QED) is 0.824. The Labute approximate surface area is 103 Å². The summed E-state index contributed by atoms with van der Waals surface area (Å²) < 4.78 is 5.25. The first-order valence-electron chi connectivity index (χ1n) is 6.16. The van der Waals surface area contributed by atoms with Crippen molar-refractivity contribution < 1.29 is 9.21 Å². The number of amides is 1. The smallest absolute Gasteiger partial charge is 0.240 e. The third kappa shape index (κ3) is 3.60. The molecular formula is C13H22N2O2. The number of furan rings is 1. The van der Waals surface area contributed by atoms with Gasteiger partial charge in [-0.15, -0.1) is 0 Å². The van der Waals surface area contributed by atoms with E-state index in [1.54, 1.807) is 11.2 Å². The summed E-state index contributed by atoms with van der Waals surface area (Å²) in [6, 6.07) is 3.27. The predicted octanol–water partition coefficient (Wildman–Crippen LogP) is 2.00. The Balaban J connectivity index is 2.64. The summed E-state index contributed by atoms with van der Waals surface area (Å²) in [5.74, 6) is 0.989. The van der Waals surface area contributed by atoms with Gasteiger partial charge in [0.25, 0.3) is 0 Å². The second kappa shape index (κ2) is 6.45. The highest BCUT2D eigenvalue weighted by Crippen LogP contribution is 2.11. The van der Waals surface area contributed by atoms with Crippen LogP contribution in [0.25, 0.3) is 0 Å². The molecule has 0 saturated carbocycles. The van der Waals surface area contributed by atoms with Crippen LogP contribution in [0, 0.1) is 5.92 Å². The SMILES string of the molecule is CC[C@H](C)[C@H](N)C(=O)N(CC)Cc1ccco1. The molecule has 0 spiro atoms. The molecule has 0 aromatic carbocycles. The first kappa shape index (κ1) is 13.8. The van der Waals surface area contributed by atoms with Crippen LogP contribution in [0.15, 0.2) is 22.8 Å². The molecule has 4 heteroatoms. The lowest BCUT2D eigenvalue weighted by molar-refractivity contribution is -0.134. The van der Waals surface area contributed by atoms with Gasteiger partial charge in [-0.25, -0.2) is 0 Å². The molecule has 1 aromatic rings. The lowest BCUT2D eigenvalue weighted by atomic mass is 9.99. The van der Waals surface area contributed by atoms with Crippen molar-refractivity contribution in [2.75, 3.05) is 6.54 Å². The van der Waals surface area contributed by atoms with E-state index in [0.29, 0.717) is 13.1 Å². The monoisotopic (exact) mass is 238 g/mol. The van der Waals surface area contributed by atoms with Crippen LogP contribution in [0.1, 0.15) is 33.0 Å². The van der Waals surface area contributed by atoms with Gasteiger partial charge in [-0.3, -0.25) is 4.79 Å². The minimum Gasteiger partial charge on any atom is -0.467 e. The molecule has 0 unspecified atom stereocenters. The van der Waals surface area contributed by atoms with E-state index < -0.39 is 6.04 Å². The Kier molecular flexibility index (Phi) is 5.22. The van der Waals surface area contributed by atoms with E-state index in [0.717, 1.165) is 12.2 Å². The van der Waals surface area contributed by atoms with E-state index in [4.69, 9.17) is 10.2 Å². The summed E-state index contributed by atoms with van der Waals surface area (Å²) >= 11 is 0. The molecule has 17 heavy (non-hydrogen) atoms. The molecule has 4 nitrogen and oxygen atoms in total. The van der Waals surface area contributed by atoms with Crippen LogP contribution >= 0.6 is 0 Å². The molecule has 1 amide bonds. The van der Waals surface area contributed by atoms with E-state index >= 15 is 0 Å². The lowest BCUT2D eigenvalue weighted by Crippen LogP contribution is -2.46. The van der Waals surface area contributed by atoms with Gasteiger partial charge >= 0.3 is 0 Å². The molecule has 0 radical (unpaired) electrons. The molecule has 2 N–H and O–H groups in total. The summed E-state index contributed by atoms with van der Waals surface area (Å²) in [5.41, 5.74) is 5.95. The van der Waals surface area contributed by atoms with Crippen molar-refractivity contribution in [3.8, 4) is 0 Å². The number of hydrogen-bond donors (Lipinski definition) is 1. The van der Waals surface area contributed by atoms with Crippen molar-refractivity contribution >= 4 is 5.91 Å². The zero-order chi connectivity index (χ0) is 12.8. The minimum absolute atomic E-state index is 0.00162. The lowest BCUT2D eigenvalue weighted by Gasteiger charge is -2.26. The van der Waals surface area contributed by atoms with Gasteiger partial charge in [0.1, 0.15) is 5.76 Å². The van der Waals surface area contributed by atoms with Gasteiger partial charge in [0.05, 0.1) is 18.8 Å². The summed E-state index contributed by atoms with van der Waals surface area (Å²) in [6.07, 6.45) is 2.52. The zero-order valence-electron chi connectivity index (χ0n) is 10.8. The van der Waals surface area contributed by atoms with Crippen molar-refractivity contribution in [2.45, 2.75) is 39.8 Å². The predicted molar refractivity (Wildman–Crippen MR) is 67.2 cm³/mol. The van der Waals surface area contributed by atoms with Crippen LogP contribution < -0.4 is 5.73 Å². The highest BCUT2D eigenvalue weighted by Gasteiger charge is 2.24. The fourth-order valence-electron chi connectivity index (χ4n) is 1.64. The first-order chi connectivity index (χ1) is 8.10. The van der Waals surface area contributed by atoms with Gasteiger partial charge < -0.3 is 15.1 Å². The summed E-state index contributed by atoms with van der Waals surface area (Å²) in [5, 5.41) is 0.